The van der Waals surface area contributed by atoms with Crippen LogP contribution in [0.25, 0.3) is 0 Å². The second-order valence-corrected chi connectivity index (χ2v) is 2.73. The zero-order valence-electron chi connectivity index (χ0n) is 8.02. The second kappa shape index (κ2) is 8.42. The Bertz CT molecular complexity index is 250. The van der Waals surface area contributed by atoms with Gasteiger partial charge >= 0.3 is 5.97 Å². The first kappa shape index (κ1) is 12.8. The van der Waals surface area contributed by atoms with Crippen LogP contribution in [0.2, 0.25) is 0 Å². The zero-order chi connectivity index (χ0) is 10.8. The van der Waals surface area contributed by atoms with Crippen molar-refractivity contribution in [2.24, 2.45) is 0 Å². The summed E-state index contributed by atoms with van der Waals surface area (Å²) in [6, 6.07) is 9.93. The number of hydrogen-bond acceptors (Lipinski definition) is 1. The van der Waals surface area contributed by atoms with Crippen LogP contribution >= 0.6 is 0 Å². The van der Waals surface area contributed by atoms with Gasteiger partial charge in [0.1, 0.15) is 0 Å². The number of hydrogen-bond donors (Lipinski definition) is 1. The van der Waals surface area contributed by atoms with Crippen molar-refractivity contribution < 1.29 is 9.90 Å². The van der Waals surface area contributed by atoms with E-state index in [-0.39, 0.29) is 6.42 Å². The minimum atomic E-state index is -0.717. The first-order valence-electron chi connectivity index (χ1n) is 4.38. The van der Waals surface area contributed by atoms with Crippen LogP contribution in [0, 0.1) is 0 Å². The van der Waals surface area contributed by atoms with Gasteiger partial charge in [0, 0.05) is 21.9 Å². The Hall–Kier alpha value is -1.18. The van der Waals surface area contributed by atoms with E-state index in [0.29, 0.717) is 0 Å². The molecule has 0 aliphatic carbocycles. The SMILES string of the molecule is O=C(O)CCCc1ccccc1.[B][B]. The maximum atomic E-state index is 10.2. The highest BCUT2D eigenvalue weighted by Gasteiger charge is 1.96. The van der Waals surface area contributed by atoms with E-state index in [1.165, 1.54) is 5.56 Å². The van der Waals surface area contributed by atoms with Crippen molar-refractivity contribution in [1.82, 2.24) is 0 Å². The van der Waals surface area contributed by atoms with Gasteiger partial charge in [-0.25, -0.2) is 0 Å². The standard InChI is InChI=1S/C10H12O2.B2/c11-10(12)8-4-7-9-5-2-1-3-6-9;1-2/h1-3,5-6H,4,7-8H2,(H,11,12);. The van der Waals surface area contributed by atoms with Crippen molar-refractivity contribution in [1.29, 1.82) is 0 Å². The van der Waals surface area contributed by atoms with Gasteiger partial charge in [-0.3, -0.25) is 4.79 Å². The van der Waals surface area contributed by atoms with Crippen molar-refractivity contribution in [3.8, 4) is 0 Å². The lowest BCUT2D eigenvalue weighted by atomic mass is 9.81. The lowest BCUT2D eigenvalue weighted by molar-refractivity contribution is -0.137. The molecule has 0 unspecified atom stereocenters. The molecule has 0 spiro atoms. The third kappa shape index (κ3) is 6.35. The van der Waals surface area contributed by atoms with Gasteiger partial charge in [0.05, 0.1) is 0 Å². The number of carboxylic acid groups (broad SMARTS) is 1. The van der Waals surface area contributed by atoms with Crippen LogP contribution in [-0.4, -0.2) is 26.5 Å². The quantitative estimate of drug-likeness (QED) is 0.719. The summed E-state index contributed by atoms with van der Waals surface area (Å²) in [4.78, 5) is 10.2. The van der Waals surface area contributed by atoms with Gasteiger partial charge < -0.3 is 5.11 Å². The molecule has 0 heterocycles. The molecule has 0 fully saturated rings. The van der Waals surface area contributed by atoms with Gasteiger partial charge in [-0.2, -0.15) is 0 Å². The zero-order valence-corrected chi connectivity index (χ0v) is 8.02. The maximum Gasteiger partial charge on any atom is 0.303 e. The normalized spacial score (nSPS) is 8.57. The Balaban J connectivity index is 0.000000791. The molecule has 2 nitrogen and oxygen atoms in total. The summed E-state index contributed by atoms with van der Waals surface area (Å²) in [6.07, 6.45) is 1.83. The molecule has 4 radical (unpaired) electrons. The molecule has 1 rings (SSSR count). The molecule has 1 N–H and O–H groups in total. The second-order valence-electron chi connectivity index (χ2n) is 2.73. The van der Waals surface area contributed by atoms with E-state index in [2.05, 4.69) is 15.5 Å². The minimum absolute atomic E-state index is 0.259. The third-order valence-electron chi connectivity index (χ3n) is 1.70. The van der Waals surface area contributed by atoms with E-state index < -0.39 is 5.97 Å². The smallest absolute Gasteiger partial charge is 0.303 e. The lowest BCUT2D eigenvalue weighted by Crippen LogP contribution is -1.95. The number of benzene rings is 1. The van der Waals surface area contributed by atoms with Crippen molar-refractivity contribution >= 4 is 21.4 Å². The Morgan fingerprint density at radius 1 is 1.21 bits per heavy atom. The molecule has 1 aromatic rings. The van der Waals surface area contributed by atoms with E-state index in [1.807, 2.05) is 30.3 Å². The summed E-state index contributed by atoms with van der Waals surface area (Å²) in [5, 5.41) is 8.39. The van der Waals surface area contributed by atoms with Crippen molar-refractivity contribution in [3.05, 3.63) is 35.9 Å². The molecule has 4 heteroatoms. The largest absolute Gasteiger partial charge is 0.481 e. The Morgan fingerprint density at radius 3 is 2.29 bits per heavy atom. The number of carbonyl (C=O) groups is 1. The van der Waals surface area contributed by atoms with Crippen LogP contribution in [0.1, 0.15) is 18.4 Å². The van der Waals surface area contributed by atoms with Crippen LogP contribution in [-0.2, 0) is 11.2 Å². The average Bonchev–Trinajstić information content (AvgIpc) is 2.22. The van der Waals surface area contributed by atoms with Gasteiger partial charge in [0.25, 0.3) is 0 Å². The fourth-order valence-corrected chi connectivity index (χ4v) is 1.09. The molecule has 0 saturated heterocycles. The first-order chi connectivity index (χ1) is 6.79. The molecular formula is C10H12B2O2. The maximum absolute atomic E-state index is 10.2. The van der Waals surface area contributed by atoms with E-state index in [4.69, 9.17) is 5.11 Å². The van der Waals surface area contributed by atoms with E-state index in [9.17, 15) is 4.79 Å². The van der Waals surface area contributed by atoms with Crippen LogP contribution in [0.15, 0.2) is 30.3 Å². The summed E-state index contributed by atoms with van der Waals surface area (Å²) in [5.41, 5.74) is 1.21. The molecule has 1 aromatic carbocycles. The van der Waals surface area contributed by atoms with Gasteiger partial charge in [-0.15, -0.1) is 0 Å². The molecule has 0 bridgehead atoms. The Labute approximate surface area is 87.1 Å². The summed E-state index contributed by atoms with van der Waals surface area (Å²) in [7, 11) is 8.00. The van der Waals surface area contributed by atoms with Gasteiger partial charge in [0.2, 0.25) is 0 Å². The van der Waals surface area contributed by atoms with Crippen molar-refractivity contribution in [2.75, 3.05) is 0 Å². The average molecular weight is 186 g/mol. The van der Waals surface area contributed by atoms with Crippen molar-refractivity contribution in [3.63, 3.8) is 0 Å². The van der Waals surface area contributed by atoms with Crippen LogP contribution in [0.4, 0.5) is 0 Å². The molecule has 0 aromatic heterocycles. The minimum Gasteiger partial charge on any atom is -0.481 e. The molecule has 0 aliphatic heterocycles. The number of carboxylic acids is 1. The predicted octanol–water partition coefficient (Wildman–Crippen LogP) is 1.33. The monoisotopic (exact) mass is 186 g/mol. The number of aryl methyl sites for hydroxylation is 1. The summed E-state index contributed by atoms with van der Waals surface area (Å²) >= 11 is 0. The highest BCUT2D eigenvalue weighted by Crippen LogP contribution is 2.03. The molecule has 0 atom stereocenters. The first-order valence-corrected chi connectivity index (χ1v) is 4.38. The Kier molecular flexibility index (Phi) is 7.71. The van der Waals surface area contributed by atoms with E-state index in [0.717, 1.165) is 12.8 Å². The van der Waals surface area contributed by atoms with Crippen molar-refractivity contribution in [2.45, 2.75) is 19.3 Å². The van der Waals surface area contributed by atoms with E-state index >= 15 is 0 Å². The topological polar surface area (TPSA) is 37.3 Å². The molecule has 0 saturated carbocycles. The Morgan fingerprint density at radius 2 is 1.79 bits per heavy atom. The molecule has 0 amide bonds. The van der Waals surface area contributed by atoms with Crippen LogP contribution in [0.5, 0.6) is 0 Å². The van der Waals surface area contributed by atoms with Gasteiger partial charge in [-0.1, -0.05) is 30.3 Å². The van der Waals surface area contributed by atoms with Gasteiger partial charge in [0.15, 0.2) is 0 Å². The molecular weight excluding hydrogens is 174 g/mol. The fraction of sp³-hybridized carbons (Fsp3) is 0.300. The van der Waals surface area contributed by atoms with Crippen LogP contribution in [0.3, 0.4) is 0 Å². The summed E-state index contributed by atoms with van der Waals surface area (Å²) in [6.45, 7) is 0. The summed E-state index contributed by atoms with van der Waals surface area (Å²) < 4.78 is 0. The number of aliphatic carboxylic acids is 1. The highest BCUT2D eigenvalue weighted by atomic mass is 16.4. The molecule has 14 heavy (non-hydrogen) atoms. The predicted molar refractivity (Wildman–Crippen MR) is 58.5 cm³/mol. The molecule has 70 valence electrons. The van der Waals surface area contributed by atoms with E-state index in [1.54, 1.807) is 0 Å². The molecule has 0 aliphatic rings. The third-order valence-corrected chi connectivity index (χ3v) is 1.70. The summed E-state index contributed by atoms with van der Waals surface area (Å²) in [5.74, 6) is -0.717. The van der Waals surface area contributed by atoms with Crippen LogP contribution < -0.4 is 0 Å². The highest BCUT2D eigenvalue weighted by molar-refractivity contribution is 6.75. The number of rotatable bonds is 4. The lowest BCUT2D eigenvalue weighted by Gasteiger charge is -1.97. The fourth-order valence-electron chi connectivity index (χ4n) is 1.09. The van der Waals surface area contributed by atoms with Gasteiger partial charge in [-0.05, 0) is 18.4 Å².